The lowest BCUT2D eigenvalue weighted by Gasteiger charge is -2.07. The zero-order valence-electron chi connectivity index (χ0n) is 9.16. The molecule has 0 fully saturated rings. The third-order valence-electron chi connectivity index (χ3n) is 2.22. The van der Waals surface area contributed by atoms with E-state index in [1.165, 1.54) is 0 Å². The van der Waals surface area contributed by atoms with E-state index in [-0.39, 0.29) is 0 Å². The van der Waals surface area contributed by atoms with E-state index in [2.05, 4.69) is 20.9 Å². The molecule has 94 valence electrons. The highest BCUT2D eigenvalue weighted by Gasteiger charge is 2.06. The molecule has 0 bridgehead atoms. The van der Waals surface area contributed by atoms with Crippen LogP contribution in [0.1, 0.15) is 5.69 Å². The summed E-state index contributed by atoms with van der Waals surface area (Å²) in [7, 11) is 0. The Hall–Kier alpha value is -0.420. The summed E-state index contributed by atoms with van der Waals surface area (Å²) in [5, 5.41) is 1.05. The fourth-order valence-corrected chi connectivity index (χ4v) is 3.22. The number of halogens is 3. The monoisotopic (exact) mass is 362 g/mol. The summed E-state index contributed by atoms with van der Waals surface area (Å²) in [6.45, 7) is 0. The van der Waals surface area contributed by atoms with Gasteiger partial charge in [0.05, 0.1) is 10.7 Å². The van der Waals surface area contributed by atoms with Crippen molar-refractivity contribution in [1.29, 1.82) is 0 Å². The van der Waals surface area contributed by atoms with Crippen molar-refractivity contribution in [3.8, 4) is 0 Å². The number of nitrogens with two attached hydrogens (primary N) is 1. The van der Waals surface area contributed by atoms with Crippen LogP contribution in [-0.2, 0) is 5.75 Å². The lowest BCUT2D eigenvalue weighted by Crippen LogP contribution is -1.92. The molecular formula is C12H9BrCl2N2S. The molecule has 0 amide bonds. The zero-order chi connectivity index (χ0) is 13.1. The van der Waals surface area contributed by atoms with E-state index in [1.807, 2.05) is 18.2 Å². The van der Waals surface area contributed by atoms with Gasteiger partial charge in [-0.25, -0.2) is 4.98 Å². The van der Waals surface area contributed by atoms with Gasteiger partial charge >= 0.3 is 0 Å². The van der Waals surface area contributed by atoms with E-state index in [1.54, 1.807) is 23.9 Å². The number of hydrogen-bond acceptors (Lipinski definition) is 3. The maximum absolute atomic E-state index is 6.06. The summed E-state index contributed by atoms with van der Waals surface area (Å²) in [6.07, 6.45) is 0. The molecule has 0 atom stereocenters. The SMILES string of the molecule is Nc1ccc(Br)cc1SCc1nc(Cl)ccc1Cl. The van der Waals surface area contributed by atoms with Gasteiger partial charge in [0, 0.05) is 20.8 Å². The van der Waals surface area contributed by atoms with Crippen LogP contribution in [0.15, 0.2) is 39.7 Å². The highest BCUT2D eigenvalue weighted by molar-refractivity contribution is 9.10. The van der Waals surface area contributed by atoms with Gasteiger partial charge in [-0.3, -0.25) is 0 Å². The lowest BCUT2D eigenvalue weighted by molar-refractivity contribution is 1.17. The number of rotatable bonds is 3. The van der Waals surface area contributed by atoms with E-state index in [0.717, 1.165) is 20.7 Å². The Labute approximate surface area is 128 Å². The Morgan fingerprint density at radius 3 is 2.78 bits per heavy atom. The van der Waals surface area contributed by atoms with Crippen LogP contribution in [0.5, 0.6) is 0 Å². The largest absolute Gasteiger partial charge is 0.398 e. The number of pyridine rings is 1. The maximum Gasteiger partial charge on any atom is 0.129 e. The van der Waals surface area contributed by atoms with Gasteiger partial charge in [0.1, 0.15) is 5.15 Å². The second-order valence-electron chi connectivity index (χ2n) is 3.53. The van der Waals surface area contributed by atoms with Crippen LogP contribution in [0.3, 0.4) is 0 Å². The van der Waals surface area contributed by atoms with Crippen molar-refractivity contribution in [1.82, 2.24) is 4.98 Å². The molecule has 1 aromatic carbocycles. The number of aromatic nitrogens is 1. The first-order valence-corrected chi connectivity index (χ1v) is 7.58. The van der Waals surface area contributed by atoms with Crippen molar-refractivity contribution in [3.63, 3.8) is 0 Å². The normalized spacial score (nSPS) is 10.6. The standard InChI is InChI=1S/C12H9BrCl2N2S/c13-7-1-3-9(16)11(5-7)18-6-10-8(14)2-4-12(15)17-10/h1-5H,6,16H2. The molecule has 1 aromatic heterocycles. The lowest BCUT2D eigenvalue weighted by atomic mass is 10.3. The molecule has 0 radical (unpaired) electrons. The highest BCUT2D eigenvalue weighted by Crippen LogP contribution is 2.32. The molecule has 18 heavy (non-hydrogen) atoms. The van der Waals surface area contributed by atoms with Gasteiger partial charge in [-0.1, -0.05) is 39.1 Å². The second-order valence-corrected chi connectivity index (χ2v) is 6.26. The third-order valence-corrected chi connectivity index (χ3v) is 4.35. The molecule has 0 saturated heterocycles. The number of nitrogen functional groups attached to an aromatic ring is 1. The molecule has 0 aliphatic carbocycles. The Kier molecular flexibility index (Phi) is 4.78. The smallest absolute Gasteiger partial charge is 0.129 e. The van der Waals surface area contributed by atoms with Crippen molar-refractivity contribution in [2.45, 2.75) is 10.6 Å². The molecule has 0 aliphatic rings. The third kappa shape index (κ3) is 3.54. The Morgan fingerprint density at radius 1 is 1.22 bits per heavy atom. The van der Waals surface area contributed by atoms with Crippen LogP contribution in [0.4, 0.5) is 5.69 Å². The molecule has 2 aromatic rings. The van der Waals surface area contributed by atoms with E-state index >= 15 is 0 Å². The minimum Gasteiger partial charge on any atom is -0.398 e. The van der Waals surface area contributed by atoms with Gasteiger partial charge in [-0.05, 0) is 30.3 Å². The fraction of sp³-hybridized carbons (Fsp3) is 0.0833. The molecule has 1 heterocycles. The predicted octanol–water partition coefficient (Wildman–Crippen LogP) is 5.03. The van der Waals surface area contributed by atoms with Crippen molar-refractivity contribution >= 4 is 56.6 Å². The zero-order valence-corrected chi connectivity index (χ0v) is 13.1. The van der Waals surface area contributed by atoms with Gasteiger partial charge in [0.25, 0.3) is 0 Å². The fourth-order valence-electron chi connectivity index (χ4n) is 1.34. The van der Waals surface area contributed by atoms with E-state index in [4.69, 9.17) is 28.9 Å². The van der Waals surface area contributed by atoms with Crippen LogP contribution in [0.25, 0.3) is 0 Å². The summed E-state index contributed by atoms with van der Waals surface area (Å²) in [5.74, 6) is 0.625. The van der Waals surface area contributed by atoms with Gasteiger partial charge in [0.2, 0.25) is 0 Å². The molecule has 2 N–H and O–H groups in total. The minimum absolute atomic E-state index is 0.442. The number of thioether (sulfide) groups is 1. The maximum atomic E-state index is 6.06. The molecule has 0 spiro atoms. The molecule has 0 aliphatic heterocycles. The quantitative estimate of drug-likeness (QED) is 0.472. The first-order valence-electron chi connectivity index (χ1n) is 5.05. The van der Waals surface area contributed by atoms with E-state index < -0.39 is 0 Å². The van der Waals surface area contributed by atoms with Crippen LogP contribution >= 0.6 is 50.9 Å². The number of hydrogen-bond donors (Lipinski definition) is 1. The van der Waals surface area contributed by atoms with Crippen molar-refractivity contribution < 1.29 is 0 Å². The summed E-state index contributed by atoms with van der Waals surface area (Å²) in [6, 6.07) is 9.16. The van der Waals surface area contributed by atoms with Gasteiger partial charge in [0.15, 0.2) is 0 Å². The minimum atomic E-state index is 0.442. The van der Waals surface area contributed by atoms with Gasteiger partial charge in [-0.15, -0.1) is 11.8 Å². The first kappa shape index (κ1) is 14.0. The van der Waals surface area contributed by atoms with Crippen LogP contribution in [0, 0.1) is 0 Å². The molecule has 0 saturated carbocycles. The number of benzene rings is 1. The van der Waals surface area contributed by atoms with Crippen molar-refractivity contribution in [2.24, 2.45) is 0 Å². The predicted molar refractivity (Wildman–Crippen MR) is 82.4 cm³/mol. The Balaban J connectivity index is 2.16. The Bertz CT molecular complexity index is 526. The molecule has 6 heteroatoms. The van der Waals surface area contributed by atoms with E-state index in [0.29, 0.717) is 15.9 Å². The van der Waals surface area contributed by atoms with Crippen LogP contribution in [0.2, 0.25) is 10.2 Å². The topological polar surface area (TPSA) is 38.9 Å². The summed E-state index contributed by atoms with van der Waals surface area (Å²) >= 11 is 16.9. The Morgan fingerprint density at radius 2 is 2.00 bits per heavy atom. The number of anilines is 1. The average molecular weight is 364 g/mol. The van der Waals surface area contributed by atoms with Gasteiger partial charge in [-0.2, -0.15) is 0 Å². The average Bonchev–Trinajstić information content (AvgIpc) is 2.34. The molecule has 2 nitrogen and oxygen atoms in total. The first-order chi connectivity index (χ1) is 8.56. The summed E-state index contributed by atoms with van der Waals surface area (Å²) in [5.41, 5.74) is 7.40. The molecule has 0 unspecified atom stereocenters. The van der Waals surface area contributed by atoms with E-state index in [9.17, 15) is 0 Å². The molecule has 2 rings (SSSR count). The van der Waals surface area contributed by atoms with Crippen LogP contribution < -0.4 is 5.73 Å². The van der Waals surface area contributed by atoms with Crippen molar-refractivity contribution in [3.05, 3.63) is 50.7 Å². The highest BCUT2D eigenvalue weighted by atomic mass is 79.9. The summed E-state index contributed by atoms with van der Waals surface area (Å²) in [4.78, 5) is 5.19. The van der Waals surface area contributed by atoms with Gasteiger partial charge < -0.3 is 5.73 Å². The number of nitrogens with zero attached hydrogens (tertiary/aromatic N) is 1. The van der Waals surface area contributed by atoms with Crippen molar-refractivity contribution in [2.75, 3.05) is 5.73 Å². The van der Waals surface area contributed by atoms with Crippen LogP contribution in [-0.4, -0.2) is 4.98 Å². The molecular weight excluding hydrogens is 355 g/mol. The second kappa shape index (κ2) is 6.15. The summed E-state index contributed by atoms with van der Waals surface area (Å²) < 4.78 is 0.990.